The van der Waals surface area contributed by atoms with Crippen LogP contribution in [0.25, 0.3) is 0 Å². The quantitative estimate of drug-likeness (QED) is 0.131. The number of aliphatic carboxylic acids is 2. The Labute approximate surface area is 224 Å². The molecule has 8 unspecified atom stereocenters. The number of hydrogen-bond donors (Lipinski definition) is 12. The Bertz CT molecular complexity index is 407. The molecule has 14 nitrogen and oxygen atoms in total. The van der Waals surface area contributed by atoms with Crippen molar-refractivity contribution in [2.24, 2.45) is 0 Å². The molecule has 0 aliphatic carbocycles. The predicted octanol–water partition coefficient (Wildman–Crippen LogP) is -7.30. The molecular weight excluding hydrogens is 448 g/mol. The number of rotatable bonds is 10. The van der Waals surface area contributed by atoms with Crippen LogP contribution in [0.1, 0.15) is 5.71 Å². The first-order chi connectivity index (χ1) is 11.8. The van der Waals surface area contributed by atoms with Gasteiger partial charge >= 0.3 is 87.4 Å². The van der Waals surface area contributed by atoms with Crippen molar-refractivity contribution in [1.82, 2.24) is 0 Å². The van der Waals surface area contributed by atoms with Gasteiger partial charge in [0.25, 0.3) is 0 Å². The summed E-state index contributed by atoms with van der Waals surface area (Å²) in [6, 6.07) is 0. The minimum absolute atomic E-state index is 0. The van der Waals surface area contributed by atoms with Crippen molar-refractivity contribution in [2.75, 3.05) is 13.2 Å². The molecule has 16 heteroatoms. The second-order valence-electron chi connectivity index (χ2n) is 5.03. The van der Waals surface area contributed by atoms with Gasteiger partial charge in [0.2, 0.25) is 0 Å². The van der Waals surface area contributed by atoms with E-state index in [9.17, 15) is 9.59 Å². The van der Waals surface area contributed by atoms with Gasteiger partial charge in [-0.1, -0.05) is 0 Å². The van der Waals surface area contributed by atoms with Gasteiger partial charge in [0, 0.05) is 0 Å². The third-order valence-corrected chi connectivity index (χ3v) is 3.02. The van der Waals surface area contributed by atoms with E-state index in [4.69, 9.17) is 61.3 Å². The average Bonchev–Trinajstić information content (AvgIpc) is 2.62. The first-order valence-electron chi connectivity index (χ1n) is 6.95. The van der Waals surface area contributed by atoms with E-state index in [0.29, 0.717) is 0 Å². The molecule has 8 atom stereocenters. The monoisotopic (exact) mass is 476 g/mol. The van der Waals surface area contributed by atoms with E-state index in [1.54, 1.807) is 0 Å². The first-order valence-corrected chi connectivity index (χ1v) is 6.95. The molecule has 0 fully saturated rings. The zero-order chi connectivity index (χ0) is 21.2. The summed E-state index contributed by atoms with van der Waals surface area (Å²) in [5, 5.41) is 104. The fraction of sp³-hybridized carbons (Fsp3) is 0.833. The van der Waals surface area contributed by atoms with Crippen molar-refractivity contribution in [3.8, 4) is 0 Å². The van der Waals surface area contributed by atoms with Crippen LogP contribution in [0.4, 0.5) is 0 Å². The molecule has 164 valence electrons. The summed E-state index contributed by atoms with van der Waals surface area (Å²) in [7, 11) is 0. The maximum Gasteiger partial charge on any atom is 2.00 e. The largest absolute Gasteiger partial charge is 2.00 e. The van der Waals surface area contributed by atoms with E-state index in [2.05, 4.69) is 0 Å². The fourth-order valence-electron chi connectivity index (χ4n) is 1.34. The summed E-state index contributed by atoms with van der Waals surface area (Å²) in [6.07, 6.45) is -15.7. The van der Waals surface area contributed by atoms with Crippen molar-refractivity contribution < 1.29 is 76.6 Å². The van der Waals surface area contributed by atoms with Gasteiger partial charge in [0.15, 0.2) is 12.2 Å². The molecule has 0 saturated heterocycles. The van der Waals surface area contributed by atoms with Gasteiger partial charge in [-0.25, -0.2) is 9.59 Å². The molecule has 0 aliphatic rings. The van der Waals surface area contributed by atoms with Crippen molar-refractivity contribution in [2.45, 2.75) is 48.8 Å². The standard InChI is InChI=1S/2C6H12O7.2Ca.4H/c2*7-1-2(8)3(9)4(10)5(11)6(12)13;;;;;;/h2*2-5,7-11H,1H2,(H,12,13);;;;;;/q;;2*+2;4*-1. The molecule has 0 rings (SSSR count). The number of hydrogen-bond acceptors (Lipinski definition) is 12. The van der Waals surface area contributed by atoms with Crippen molar-refractivity contribution in [1.29, 1.82) is 0 Å². The molecular formula is C12H28Ca2O14. The van der Waals surface area contributed by atoms with E-state index in [0.717, 1.165) is 0 Å². The van der Waals surface area contributed by atoms with Crippen LogP contribution in [0.3, 0.4) is 0 Å². The van der Waals surface area contributed by atoms with Crippen LogP contribution in [0, 0.1) is 0 Å². The Morgan fingerprint density at radius 3 is 0.929 bits per heavy atom. The second-order valence-corrected chi connectivity index (χ2v) is 5.03. The Morgan fingerprint density at radius 1 is 0.571 bits per heavy atom. The van der Waals surface area contributed by atoms with Crippen LogP contribution < -0.4 is 0 Å². The number of carboxylic acids is 2. The molecule has 0 spiro atoms. The summed E-state index contributed by atoms with van der Waals surface area (Å²) < 4.78 is 0. The molecule has 0 aliphatic heterocycles. The van der Waals surface area contributed by atoms with Gasteiger partial charge in [-0.3, -0.25) is 0 Å². The second kappa shape index (κ2) is 18.8. The Hall–Kier alpha value is 1.06. The minimum atomic E-state index is -2.20. The van der Waals surface area contributed by atoms with Crippen LogP contribution in [0.15, 0.2) is 0 Å². The first kappa shape index (κ1) is 36.4. The van der Waals surface area contributed by atoms with E-state index in [1.165, 1.54) is 0 Å². The van der Waals surface area contributed by atoms with Gasteiger partial charge in [0.05, 0.1) is 13.2 Å². The molecule has 0 heterocycles. The molecule has 0 radical (unpaired) electrons. The van der Waals surface area contributed by atoms with Gasteiger partial charge in [-0.05, 0) is 0 Å². The van der Waals surface area contributed by atoms with Crippen LogP contribution in [-0.4, -0.2) is 211 Å². The van der Waals surface area contributed by atoms with E-state index in [-0.39, 0.29) is 81.2 Å². The molecule has 0 saturated carbocycles. The van der Waals surface area contributed by atoms with E-state index in [1.807, 2.05) is 0 Å². The number of aliphatic hydroxyl groups excluding tert-OH is 10. The minimum Gasteiger partial charge on any atom is -1.00 e. The third-order valence-electron chi connectivity index (χ3n) is 3.02. The summed E-state index contributed by atoms with van der Waals surface area (Å²) in [6.45, 7) is -1.69. The zero-order valence-electron chi connectivity index (χ0n) is 18.6. The summed E-state index contributed by atoms with van der Waals surface area (Å²) in [5.74, 6) is -3.45. The molecule has 0 amide bonds. The third kappa shape index (κ3) is 13.4. The summed E-state index contributed by atoms with van der Waals surface area (Å²) in [5.41, 5.74) is 0. The van der Waals surface area contributed by atoms with Gasteiger partial charge in [0.1, 0.15) is 36.6 Å². The van der Waals surface area contributed by atoms with Gasteiger partial charge in [-0.2, -0.15) is 0 Å². The van der Waals surface area contributed by atoms with Gasteiger partial charge < -0.3 is 67.0 Å². The Balaban J connectivity index is -0.0000000505. The summed E-state index contributed by atoms with van der Waals surface area (Å²) >= 11 is 0. The Kier molecular flexibility index (Phi) is 24.5. The molecule has 0 aromatic rings. The zero-order valence-corrected chi connectivity index (χ0v) is 19.0. The van der Waals surface area contributed by atoms with Crippen LogP contribution in [0.2, 0.25) is 0 Å². The van der Waals surface area contributed by atoms with Gasteiger partial charge in [-0.15, -0.1) is 0 Å². The topological polar surface area (TPSA) is 277 Å². The number of carbonyl (C=O) groups is 2. The van der Waals surface area contributed by atoms with E-state index >= 15 is 0 Å². The molecule has 28 heavy (non-hydrogen) atoms. The SMILES string of the molecule is O=C(O)C(O)C(O)C(O)C(O)CO.O=C(O)C(O)C(O)C(O)C(O)CO.[Ca+2].[Ca+2].[H-].[H-].[H-].[H-]. The van der Waals surface area contributed by atoms with Crippen LogP contribution >= 0.6 is 0 Å². The van der Waals surface area contributed by atoms with E-state index < -0.39 is 74.0 Å². The number of carboxylic acid groups (broad SMARTS) is 2. The maximum absolute atomic E-state index is 10.1. The van der Waals surface area contributed by atoms with Crippen molar-refractivity contribution >= 4 is 87.4 Å². The van der Waals surface area contributed by atoms with Crippen LogP contribution in [-0.2, 0) is 9.59 Å². The fourth-order valence-corrected chi connectivity index (χ4v) is 1.34. The smallest absolute Gasteiger partial charge is 1.00 e. The summed E-state index contributed by atoms with van der Waals surface area (Å²) in [4.78, 5) is 20.2. The molecule has 0 bridgehead atoms. The molecule has 12 N–H and O–H groups in total. The van der Waals surface area contributed by atoms with Crippen molar-refractivity contribution in [3.05, 3.63) is 0 Å². The Morgan fingerprint density at radius 2 is 0.786 bits per heavy atom. The molecule has 0 aromatic heterocycles. The van der Waals surface area contributed by atoms with Crippen LogP contribution in [0.5, 0.6) is 0 Å². The average molecular weight is 476 g/mol. The number of aliphatic hydroxyl groups is 10. The molecule has 0 aromatic carbocycles. The predicted molar refractivity (Wildman–Crippen MR) is 93.5 cm³/mol. The van der Waals surface area contributed by atoms with Crippen molar-refractivity contribution in [3.63, 3.8) is 0 Å². The maximum atomic E-state index is 10.1. The normalized spacial score (nSPS) is 18.9.